The van der Waals surface area contributed by atoms with Crippen LogP contribution in [-0.4, -0.2) is 49.4 Å². The van der Waals surface area contributed by atoms with Gasteiger partial charge < -0.3 is 19.7 Å². The number of carbonyl (C=O) groups is 1. The van der Waals surface area contributed by atoms with Crippen LogP contribution in [-0.2, 0) is 9.47 Å². The van der Waals surface area contributed by atoms with Gasteiger partial charge in [0.1, 0.15) is 0 Å². The van der Waals surface area contributed by atoms with Crippen molar-refractivity contribution in [3.8, 4) is 0 Å². The zero-order valence-corrected chi connectivity index (χ0v) is 14.9. The van der Waals surface area contributed by atoms with E-state index in [-0.39, 0.29) is 17.7 Å². The fourth-order valence-corrected chi connectivity index (χ4v) is 4.04. The lowest BCUT2D eigenvalue weighted by Crippen LogP contribution is -2.57. The summed E-state index contributed by atoms with van der Waals surface area (Å²) in [5.41, 5.74) is 2.97. The van der Waals surface area contributed by atoms with Gasteiger partial charge in [0.05, 0.1) is 11.7 Å². The molecule has 0 bridgehead atoms. The van der Waals surface area contributed by atoms with Crippen LogP contribution in [0.5, 0.6) is 0 Å². The Balaban J connectivity index is 1.60. The Bertz CT molecular complexity index is 574. The van der Waals surface area contributed by atoms with Gasteiger partial charge in [-0.1, -0.05) is 6.07 Å². The van der Waals surface area contributed by atoms with Gasteiger partial charge in [0.15, 0.2) is 0 Å². The average Bonchev–Trinajstić information content (AvgIpc) is 2.55. The molecule has 2 fully saturated rings. The molecular formula is C19H28N2O3. The number of piperidine rings is 1. The van der Waals surface area contributed by atoms with E-state index in [2.05, 4.69) is 11.4 Å². The topological polar surface area (TPSA) is 50.8 Å². The van der Waals surface area contributed by atoms with Crippen molar-refractivity contribution in [3.63, 3.8) is 0 Å². The lowest BCUT2D eigenvalue weighted by atomic mass is 9.82. The standard InChI is InChI=1S/C19H28N2O3/c1-14-11-15(2)13-16(12-14)20-18(22)21-8-6-19(7-9-21)17(23-3)5-4-10-24-19/h11-13,17H,4-10H2,1-3H3,(H,20,22)/t17-/m0/s1. The Kier molecular flexibility index (Phi) is 5.11. The first-order valence-electron chi connectivity index (χ1n) is 8.83. The number of anilines is 1. The van der Waals surface area contributed by atoms with E-state index in [1.54, 1.807) is 7.11 Å². The summed E-state index contributed by atoms with van der Waals surface area (Å²) < 4.78 is 11.8. The number of rotatable bonds is 2. The summed E-state index contributed by atoms with van der Waals surface area (Å²) in [6, 6.07) is 6.08. The maximum Gasteiger partial charge on any atom is 0.321 e. The van der Waals surface area contributed by atoms with Crippen LogP contribution in [0.3, 0.4) is 0 Å². The molecule has 1 spiro atoms. The Hall–Kier alpha value is -1.59. The highest BCUT2D eigenvalue weighted by Gasteiger charge is 2.45. The van der Waals surface area contributed by atoms with Crippen molar-refractivity contribution in [2.24, 2.45) is 0 Å². The normalized spacial score (nSPS) is 23.3. The van der Waals surface area contributed by atoms with E-state index in [1.807, 2.05) is 30.9 Å². The van der Waals surface area contributed by atoms with Gasteiger partial charge in [0.25, 0.3) is 0 Å². The highest BCUT2D eigenvalue weighted by molar-refractivity contribution is 5.89. The molecule has 24 heavy (non-hydrogen) atoms. The molecule has 1 N–H and O–H groups in total. The number of carbonyl (C=O) groups excluding carboxylic acids is 1. The van der Waals surface area contributed by atoms with Gasteiger partial charge in [0, 0.05) is 32.5 Å². The highest BCUT2D eigenvalue weighted by atomic mass is 16.5. The molecular weight excluding hydrogens is 304 g/mol. The lowest BCUT2D eigenvalue weighted by Gasteiger charge is -2.47. The van der Waals surface area contributed by atoms with E-state index in [1.165, 1.54) is 0 Å². The molecule has 5 heteroatoms. The largest absolute Gasteiger partial charge is 0.378 e. The molecule has 2 heterocycles. The fraction of sp³-hybridized carbons (Fsp3) is 0.632. The molecule has 1 atom stereocenters. The molecule has 1 aromatic carbocycles. The van der Waals surface area contributed by atoms with Crippen molar-refractivity contribution in [1.82, 2.24) is 4.90 Å². The predicted molar refractivity (Wildman–Crippen MR) is 94.5 cm³/mol. The van der Waals surface area contributed by atoms with Gasteiger partial charge >= 0.3 is 6.03 Å². The Labute approximate surface area is 144 Å². The van der Waals surface area contributed by atoms with Crippen LogP contribution >= 0.6 is 0 Å². The second-order valence-corrected chi connectivity index (χ2v) is 7.07. The maximum absolute atomic E-state index is 12.6. The predicted octanol–water partition coefficient (Wildman–Crippen LogP) is 3.50. The van der Waals surface area contributed by atoms with E-state index in [0.717, 1.165) is 49.1 Å². The molecule has 5 nitrogen and oxygen atoms in total. The molecule has 1 aromatic rings. The second-order valence-electron chi connectivity index (χ2n) is 7.07. The first-order valence-corrected chi connectivity index (χ1v) is 8.83. The molecule has 0 saturated carbocycles. The number of aryl methyl sites for hydroxylation is 2. The summed E-state index contributed by atoms with van der Waals surface area (Å²) in [5.74, 6) is 0. The molecule has 0 unspecified atom stereocenters. The minimum atomic E-state index is -0.205. The van der Waals surface area contributed by atoms with Crippen LogP contribution < -0.4 is 5.32 Å². The third-order valence-corrected chi connectivity index (χ3v) is 5.24. The highest BCUT2D eigenvalue weighted by Crippen LogP contribution is 2.36. The summed E-state index contributed by atoms with van der Waals surface area (Å²) in [6.07, 6.45) is 3.93. The maximum atomic E-state index is 12.6. The number of amides is 2. The number of hydrogen-bond acceptors (Lipinski definition) is 3. The number of benzene rings is 1. The fourth-order valence-electron chi connectivity index (χ4n) is 4.04. The van der Waals surface area contributed by atoms with Crippen molar-refractivity contribution < 1.29 is 14.3 Å². The molecule has 3 rings (SSSR count). The SMILES string of the molecule is CO[C@H]1CCCOC12CCN(C(=O)Nc1cc(C)cc(C)c1)CC2. The molecule has 0 radical (unpaired) electrons. The van der Waals surface area contributed by atoms with E-state index < -0.39 is 0 Å². The van der Waals surface area contributed by atoms with Crippen molar-refractivity contribution in [2.75, 3.05) is 32.1 Å². The van der Waals surface area contributed by atoms with Crippen LogP contribution in [0.2, 0.25) is 0 Å². The number of likely N-dealkylation sites (tertiary alicyclic amines) is 1. The van der Waals surface area contributed by atoms with E-state index in [0.29, 0.717) is 13.1 Å². The Morgan fingerprint density at radius 2 is 1.92 bits per heavy atom. The van der Waals surface area contributed by atoms with Gasteiger partial charge in [-0.2, -0.15) is 0 Å². The first kappa shape index (κ1) is 17.2. The zero-order chi connectivity index (χ0) is 17.2. The summed E-state index contributed by atoms with van der Waals surface area (Å²) >= 11 is 0. The van der Waals surface area contributed by atoms with Gasteiger partial charge in [0.2, 0.25) is 0 Å². The molecule has 2 aliphatic rings. The first-order chi connectivity index (χ1) is 11.5. The zero-order valence-electron chi connectivity index (χ0n) is 14.9. The number of ether oxygens (including phenoxy) is 2. The molecule has 2 saturated heterocycles. The van der Waals surface area contributed by atoms with E-state index in [4.69, 9.17) is 9.47 Å². The lowest BCUT2D eigenvalue weighted by molar-refractivity contribution is -0.183. The number of methoxy groups -OCH3 is 1. The third kappa shape index (κ3) is 3.57. The van der Waals surface area contributed by atoms with Crippen LogP contribution in [0.25, 0.3) is 0 Å². The van der Waals surface area contributed by atoms with Gasteiger partial charge in [-0.3, -0.25) is 0 Å². The van der Waals surface area contributed by atoms with Crippen LogP contribution in [0, 0.1) is 13.8 Å². The average molecular weight is 332 g/mol. The quantitative estimate of drug-likeness (QED) is 0.902. The number of nitrogens with one attached hydrogen (secondary N) is 1. The molecule has 0 aromatic heterocycles. The molecule has 2 aliphatic heterocycles. The Morgan fingerprint density at radius 1 is 1.25 bits per heavy atom. The molecule has 2 amide bonds. The van der Waals surface area contributed by atoms with Gasteiger partial charge in [-0.15, -0.1) is 0 Å². The van der Waals surface area contributed by atoms with Crippen LogP contribution in [0.15, 0.2) is 18.2 Å². The minimum Gasteiger partial charge on any atom is -0.378 e. The summed E-state index contributed by atoms with van der Waals surface area (Å²) in [4.78, 5) is 14.4. The molecule has 132 valence electrons. The second kappa shape index (κ2) is 7.11. The molecule has 0 aliphatic carbocycles. The summed E-state index contributed by atoms with van der Waals surface area (Å²) in [7, 11) is 1.76. The van der Waals surface area contributed by atoms with E-state index in [9.17, 15) is 4.79 Å². The summed E-state index contributed by atoms with van der Waals surface area (Å²) in [5, 5.41) is 3.02. The van der Waals surface area contributed by atoms with Crippen molar-refractivity contribution in [1.29, 1.82) is 0 Å². The van der Waals surface area contributed by atoms with Crippen molar-refractivity contribution in [2.45, 2.75) is 51.2 Å². The minimum absolute atomic E-state index is 0.0281. The Morgan fingerprint density at radius 3 is 2.54 bits per heavy atom. The van der Waals surface area contributed by atoms with Crippen molar-refractivity contribution in [3.05, 3.63) is 29.3 Å². The van der Waals surface area contributed by atoms with Gasteiger partial charge in [-0.05, 0) is 62.8 Å². The van der Waals surface area contributed by atoms with E-state index >= 15 is 0 Å². The van der Waals surface area contributed by atoms with Gasteiger partial charge in [-0.25, -0.2) is 4.79 Å². The number of hydrogen-bond donors (Lipinski definition) is 1. The number of urea groups is 1. The summed E-state index contributed by atoms with van der Waals surface area (Å²) in [6.45, 7) is 6.29. The smallest absolute Gasteiger partial charge is 0.321 e. The van der Waals surface area contributed by atoms with Crippen LogP contribution in [0.4, 0.5) is 10.5 Å². The van der Waals surface area contributed by atoms with Crippen LogP contribution in [0.1, 0.15) is 36.8 Å². The third-order valence-electron chi connectivity index (χ3n) is 5.24. The van der Waals surface area contributed by atoms with Crippen molar-refractivity contribution >= 4 is 11.7 Å². The monoisotopic (exact) mass is 332 g/mol. The number of nitrogens with zero attached hydrogens (tertiary/aromatic N) is 1.